The smallest absolute Gasteiger partial charge is 0.344 e. The summed E-state index contributed by atoms with van der Waals surface area (Å²) < 4.78 is 55.0. The minimum absolute atomic E-state index is 0.161. The number of H-pyrrole nitrogens is 1. The average Bonchev–Trinajstić information content (AvgIpc) is 3.91. The highest BCUT2D eigenvalue weighted by molar-refractivity contribution is 5.90. The number of carbonyl (C=O) groups is 3. The van der Waals surface area contributed by atoms with Gasteiger partial charge in [0.25, 0.3) is 0 Å². The number of fused-ring (bicyclic) bond motifs is 6. The average molecular weight is 859 g/mol. The summed E-state index contributed by atoms with van der Waals surface area (Å²) >= 11 is 0. The lowest BCUT2D eigenvalue weighted by Crippen LogP contribution is -2.81. The first-order valence-corrected chi connectivity index (χ1v) is 22.2. The number of likely N-dealkylation sites (N-methyl/N-ethyl adjacent to an activating group) is 1. The van der Waals surface area contributed by atoms with Gasteiger partial charge in [-0.1, -0.05) is 32.1 Å². The van der Waals surface area contributed by atoms with Crippen LogP contribution in [-0.4, -0.2) is 129 Å². The lowest BCUT2D eigenvalue weighted by Gasteiger charge is -2.63. The predicted molar refractivity (Wildman–Crippen MR) is 229 cm³/mol. The third-order valence-electron chi connectivity index (χ3n) is 16.1. The van der Waals surface area contributed by atoms with E-state index in [-0.39, 0.29) is 19.0 Å². The van der Waals surface area contributed by atoms with Gasteiger partial charge in [0.2, 0.25) is 11.5 Å². The summed E-state index contributed by atoms with van der Waals surface area (Å²) in [7, 11) is 6.01. The van der Waals surface area contributed by atoms with E-state index < -0.39 is 76.1 Å². The van der Waals surface area contributed by atoms with Gasteiger partial charge in [-0.05, 0) is 91.9 Å². The van der Waals surface area contributed by atoms with Crippen LogP contribution in [0.3, 0.4) is 0 Å². The molecule has 5 aliphatic heterocycles. The molecule has 2 saturated heterocycles. The summed E-state index contributed by atoms with van der Waals surface area (Å²) in [6.07, 6.45) is 5.26. The fourth-order valence-electron chi connectivity index (χ4n) is 13.7. The highest BCUT2D eigenvalue weighted by atomic mass is 19.3. The largest absolute Gasteiger partial charge is 0.496 e. The molecule has 0 amide bonds. The summed E-state index contributed by atoms with van der Waals surface area (Å²) in [6.45, 7) is 8.86. The summed E-state index contributed by atoms with van der Waals surface area (Å²) in [5.74, 6) is -7.59. The van der Waals surface area contributed by atoms with Crippen LogP contribution in [0.15, 0.2) is 42.5 Å². The third-order valence-corrected chi connectivity index (χ3v) is 16.1. The van der Waals surface area contributed by atoms with Crippen molar-refractivity contribution < 1.29 is 47.2 Å². The molecule has 2 unspecified atom stereocenters. The number of aliphatic hydroxyl groups is 1. The van der Waals surface area contributed by atoms with Crippen molar-refractivity contribution in [1.82, 2.24) is 14.8 Å². The highest BCUT2D eigenvalue weighted by Gasteiger charge is 2.80. The molecule has 12 nitrogen and oxygen atoms in total. The molecule has 3 aromatic rings. The van der Waals surface area contributed by atoms with E-state index in [1.165, 1.54) is 21.1 Å². The monoisotopic (exact) mass is 858 g/mol. The molecule has 0 radical (unpaired) electrons. The number of nitrogens with zero attached hydrogens (tertiary/aromatic N) is 3. The van der Waals surface area contributed by atoms with E-state index in [1.54, 1.807) is 7.11 Å². The van der Waals surface area contributed by atoms with Gasteiger partial charge in [-0.2, -0.15) is 0 Å². The van der Waals surface area contributed by atoms with E-state index in [1.807, 2.05) is 37.1 Å². The number of rotatable bonds is 8. The number of carbonyl (C=O) groups excluding carboxylic acids is 3. The van der Waals surface area contributed by atoms with Gasteiger partial charge in [-0.25, -0.2) is 13.6 Å². The Hall–Kier alpha value is -4.53. The molecule has 14 heteroatoms. The van der Waals surface area contributed by atoms with Gasteiger partial charge >= 0.3 is 17.9 Å². The summed E-state index contributed by atoms with van der Waals surface area (Å²) in [4.78, 5) is 52.3. The molecule has 334 valence electrons. The van der Waals surface area contributed by atoms with E-state index in [0.29, 0.717) is 68.1 Å². The standard InChI is InChI=1S/C48H60F2N4O8/c1-9-27-12-13-34-31(20-27)30-14-18-53-24-28(21-29(25-53)45(4,49)50)37(38(39(30)51-34)40(56)60-7)32-22-33-35(23-36(32)59-6)52(5)42-47(33)16-19-54-17-11-15-46(10-2,41(47)54)43(62-26(3)55)48(42,58)44(57)61-8/h11-13,15,20,22-23,28-29,37-38,41-43,51,58H,9-10,14,16-19,21,24-25H2,1-8H3/t28-,29?,37+,38+,41-,42+,43+,46+,47+,48-/m0/s1. The van der Waals surface area contributed by atoms with Crippen LogP contribution in [0.2, 0.25) is 0 Å². The van der Waals surface area contributed by atoms with Crippen molar-refractivity contribution in [2.45, 2.75) is 107 Å². The van der Waals surface area contributed by atoms with Crippen LogP contribution in [-0.2, 0) is 46.9 Å². The number of hydrogen-bond acceptors (Lipinski definition) is 11. The van der Waals surface area contributed by atoms with Crippen LogP contribution < -0.4 is 9.64 Å². The van der Waals surface area contributed by atoms with Gasteiger partial charge in [0.1, 0.15) is 11.7 Å². The first kappa shape index (κ1) is 42.8. The van der Waals surface area contributed by atoms with Gasteiger partial charge in [0, 0.05) is 97.2 Å². The Kier molecular flexibility index (Phi) is 10.4. The molecule has 1 aromatic heterocycles. The second-order valence-electron chi connectivity index (χ2n) is 18.9. The van der Waals surface area contributed by atoms with Crippen LogP contribution in [0.5, 0.6) is 5.75 Å². The normalized spacial score (nSPS) is 34.9. The predicted octanol–water partition coefficient (Wildman–Crippen LogP) is 5.87. The van der Waals surface area contributed by atoms with Crippen molar-refractivity contribution in [1.29, 1.82) is 0 Å². The zero-order valence-electron chi connectivity index (χ0n) is 37.1. The van der Waals surface area contributed by atoms with E-state index >= 15 is 8.78 Å². The SMILES string of the molecule is CCc1ccc2[nH]c3c(c2c1)CCN1CC(C(C)(F)F)C[C@@H](C1)[C@H](c1cc2c(cc1OC)N(C)[C@H]1[C@@](O)(C(=O)OC)[C@H](OC(C)=O)[C@]4(CC)C=CCN5CC[C@]21[C@@H]54)[C@H]3C(=O)OC. The van der Waals surface area contributed by atoms with Crippen LogP contribution in [0.4, 0.5) is 14.5 Å². The number of aromatic amines is 1. The molecule has 3 fully saturated rings. The molecule has 1 spiro atoms. The van der Waals surface area contributed by atoms with Gasteiger partial charge in [-0.15, -0.1) is 0 Å². The van der Waals surface area contributed by atoms with E-state index in [2.05, 4.69) is 46.0 Å². The molecule has 9 rings (SSSR count). The van der Waals surface area contributed by atoms with E-state index in [4.69, 9.17) is 18.9 Å². The van der Waals surface area contributed by atoms with Crippen LogP contribution >= 0.6 is 0 Å². The number of ether oxygens (including phenoxy) is 4. The zero-order valence-corrected chi connectivity index (χ0v) is 37.1. The Balaban J connectivity index is 1.33. The van der Waals surface area contributed by atoms with E-state index in [9.17, 15) is 19.5 Å². The zero-order chi connectivity index (χ0) is 44.3. The number of benzene rings is 2. The third kappa shape index (κ3) is 5.87. The molecule has 6 heterocycles. The number of halogens is 2. The lowest BCUT2D eigenvalue weighted by molar-refractivity contribution is -0.228. The second-order valence-corrected chi connectivity index (χ2v) is 18.9. The van der Waals surface area contributed by atoms with Crippen LogP contribution in [0.25, 0.3) is 10.9 Å². The molecular weight excluding hydrogens is 799 g/mol. The van der Waals surface area contributed by atoms with E-state index in [0.717, 1.165) is 40.9 Å². The molecule has 1 saturated carbocycles. The Labute approximate surface area is 361 Å². The first-order chi connectivity index (χ1) is 29.5. The van der Waals surface area contributed by atoms with Crippen molar-refractivity contribution in [3.05, 3.63) is 70.4 Å². The second kappa shape index (κ2) is 15.0. The highest BCUT2D eigenvalue weighted by Crippen LogP contribution is 2.68. The van der Waals surface area contributed by atoms with Crippen molar-refractivity contribution >= 4 is 34.5 Å². The fourth-order valence-corrected chi connectivity index (χ4v) is 13.7. The number of methoxy groups -OCH3 is 3. The number of nitrogens with one attached hydrogen (secondary N) is 1. The molecule has 6 aliphatic rings. The minimum Gasteiger partial charge on any atom is -0.496 e. The molecule has 2 aromatic carbocycles. The maximum absolute atomic E-state index is 15.7. The summed E-state index contributed by atoms with van der Waals surface area (Å²) in [5, 5.41) is 14.3. The van der Waals surface area contributed by atoms with Crippen molar-refractivity contribution in [3.63, 3.8) is 0 Å². The van der Waals surface area contributed by atoms with Crippen LogP contribution in [0.1, 0.15) is 86.7 Å². The summed E-state index contributed by atoms with van der Waals surface area (Å²) in [5.41, 5.74) is 1.67. The molecule has 1 aliphatic carbocycles. The quantitative estimate of drug-likeness (QED) is 0.160. The maximum atomic E-state index is 15.7. The lowest BCUT2D eigenvalue weighted by atomic mass is 9.47. The number of hydrogen-bond donors (Lipinski definition) is 2. The van der Waals surface area contributed by atoms with Gasteiger partial charge in [0.05, 0.1) is 27.4 Å². The number of alkyl halides is 2. The molecule has 2 N–H and O–H groups in total. The first-order valence-electron chi connectivity index (χ1n) is 22.2. The number of anilines is 1. The van der Waals surface area contributed by atoms with Crippen molar-refractivity contribution in [2.75, 3.05) is 66.0 Å². The maximum Gasteiger partial charge on any atom is 0.344 e. The fraction of sp³-hybridized carbons (Fsp3) is 0.604. The topological polar surface area (TPSA) is 134 Å². The van der Waals surface area contributed by atoms with Gasteiger partial charge in [-0.3, -0.25) is 14.5 Å². The molecular formula is C48H60F2N4O8. The number of aryl methyl sites for hydroxylation is 1. The Morgan fingerprint density at radius 3 is 2.47 bits per heavy atom. The van der Waals surface area contributed by atoms with Crippen LogP contribution in [0, 0.1) is 17.3 Å². The number of esters is 3. The molecule has 2 bridgehead atoms. The summed E-state index contributed by atoms with van der Waals surface area (Å²) in [6, 6.07) is 9.01. The molecule has 62 heavy (non-hydrogen) atoms. The Morgan fingerprint density at radius 1 is 1.03 bits per heavy atom. The number of aromatic nitrogens is 1. The van der Waals surface area contributed by atoms with Crippen molar-refractivity contribution in [3.8, 4) is 5.75 Å². The Morgan fingerprint density at radius 2 is 1.81 bits per heavy atom. The Bertz CT molecular complexity index is 2340. The van der Waals surface area contributed by atoms with Gasteiger partial charge < -0.3 is 38.8 Å². The molecule has 11 atom stereocenters. The van der Waals surface area contributed by atoms with Gasteiger partial charge in [0.15, 0.2) is 6.10 Å². The minimum atomic E-state index is -2.98. The van der Waals surface area contributed by atoms with Crippen molar-refractivity contribution in [2.24, 2.45) is 17.3 Å². The number of piperidine rings is 1.